The quantitative estimate of drug-likeness (QED) is 0.583. The summed E-state index contributed by atoms with van der Waals surface area (Å²) in [7, 11) is 0. The van der Waals surface area contributed by atoms with Gasteiger partial charge in [-0.2, -0.15) is 0 Å². The standard InChI is InChI=1S/C20H20ClNO4/c1-13-3-9-17(10-4-13)22-20(25)14(2)26-19(24)12-11-18(23)15-5-7-16(21)8-6-15/h3-10,14H,11-12H2,1-2H3,(H,22,25)/t14-/m1/s1. The van der Waals surface area contributed by atoms with Gasteiger partial charge in [-0.25, -0.2) is 0 Å². The monoisotopic (exact) mass is 373 g/mol. The minimum Gasteiger partial charge on any atom is -0.453 e. The Morgan fingerprint density at radius 2 is 1.62 bits per heavy atom. The van der Waals surface area contributed by atoms with Crippen LogP contribution in [0.25, 0.3) is 0 Å². The van der Waals surface area contributed by atoms with Crippen LogP contribution in [0.5, 0.6) is 0 Å². The first-order valence-electron chi connectivity index (χ1n) is 8.21. The van der Waals surface area contributed by atoms with E-state index in [1.165, 1.54) is 6.92 Å². The number of halogens is 1. The second kappa shape index (κ2) is 9.15. The molecular weight excluding hydrogens is 354 g/mol. The Morgan fingerprint density at radius 3 is 2.23 bits per heavy atom. The molecule has 2 rings (SSSR count). The van der Waals surface area contributed by atoms with E-state index in [1.54, 1.807) is 36.4 Å². The number of rotatable bonds is 7. The number of ether oxygens (including phenoxy) is 1. The molecule has 136 valence electrons. The number of hydrogen-bond donors (Lipinski definition) is 1. The van der Waals surface area contributed by atoms with Gasteiger partial charge in [0.15, 0.2) is 11.9 Å². The summed E-state index contributed by atoms with van der Waals surface area (Å²) in [4.78, 5) is 35.9. The number of amides is 1. The number of aryl methyl sites for hydroxylation is 1. The SMILES string of the molecule is Cc1ccc(NC(=O)[C@@H](C)OC(=O)CCC(=O)c2ccc(Cl)cc2)cc1. The molecule has 0 aliphatic heterocycles. The highest BCUT2D eigenvalue weighted by Crippen LogP contribution is 2.13. The van der Waals surface area contributed by atoms with E-state index in [2.05, 4.69) is 5.32 Å². The summed E-state index contributed by atoms with van der Waals surface area (Å²) in [5.41, 5.74) is 2.18. The van der Waals surface area contributed by atoms with Crippen LogP contribution in [-0.4, -0.2) is 23.8 Å². The maximum absolute atomic E-state index is 12.1. The van der Waals surface area contributed by atoms with Gasteiger partial charge < -0.3 is 10.1 Å². The van der Waals surface area contributed by atoms with Gasteiger partial charge in [-0.15, -0.1) is 0 Å². The maximum atomic E-state index is 12.1. The lowest BCUT2D eigenvalue weighted by atomic mass is 10.1. The number of carbonyl (C=O) groups excluding carboxylic acids is 3. The summed E-state index contributed by atoms with van der Waals surface area (Å²) in [5.74, 6) is -1.21. The van der Waals surface area contributed by atoms with Crippen LogP contribution in [-0.2, 0) is 14.3 Å². The van der Waals surface area contributed by atoms with Gasteiger partial charge in [0, 0.05) is 22.7 Å². The van der Waals surface area contributed by atoms with Crippen LogP contribution in [0.1, 0.15) is 35.7 Å². The molecule has 0 aliphatic carbocycles. The van der Waals surface area contributed by atoms with E-state index in [0.29, 0.717) is 16.3 Å². The van der Waals surface area contributed by atoms with Crippen molar-refractivity contribution in [2.75, 3.05) is 5.32 Å². The Morgan fingerprint density at radius 1 is 1.00 bits per heavy atom. The van der Waals surface area contributed by atoms with Crippen LogP contribution in [0.3, 0.4) is 0 Å². The fourth-order valence-electron chi connectivity index (χ4n) is 2.19. The zero-order valence-electron chi connectivity index (χ0n) is 14.6. The van der Waals surface area contributed by atoms with Crippen molar-refractivity contribution in [1.29, 1.82) is 0 Å². The van der Waals surface area contributed by atoms with E-state index in [1.807, 2.05) is 19.1 Å². The number of nitrogens with one attached hydrogen (secondary N) is 1. The predicted molar refractivity (Wildman–Crippen MR) is 100 cm³/mol. The largest absolute Gasteiger partial charge is 0.453 e. The Balaban J connectivity index is 1.79. The molecular formula is C20H20ClNO4. The lowest BCUT2D eigenvalue weighted by Crippen LogP contribution is -2.30. The molecule has 0 aromatic heterocycles. The molecule has 2 aromatic carbocycles. The molecule has 5 nitrogen and oxygen atoms in total. The molecule has 26 heavy (non-hydrogen) atoms. The van der Waals surface area contributed by atoms with Crippen LogP contribution >= 0.6 is 11.6 Å². The summed E-state index contributed by atoms with van der Waals surface area (Å²) in [6, 6.07) is 13.7. The molecule has 0 unspecified atom stereocenters. The van der Waals surface area contributed by atoms with E-state index in [4.69, 9.17) is 16.3 Å². The number of esters is 1. The zero-order chi connectivity index (χ0) is 19.1. The van der Waals surface area contributed by atoms with Gasteiger partial charge in [0.25, 0.3) is 5.91 Å². The van der Waals surface area contributed by atoms with Gasteiger partial charge in [0.05, 0.1) is 6.42 Å². The van der Waals surface area contributed by atoms with Gasteiger partial charge >= 0.3 is 5.97 Å². The molecule has 0 spiro atoms. The Kier molecular flexibility index (Phi) is 6.92. The Bertz CT molecular complexity index is 784. The number of hydrogen-bond acceptors (Lipinski definition) is 4. The molecule has 0 aliphatic rings. The van der Waals surface area contributed by atoms with Crippen molar-refractivity contribution in [2.45, 2.75) is 32.8 Å². The van der Waals surface area contributed by atoms with Gasteiger partial charge in [0.2, 0.25) is 0 Å². The highest BCUT2D eigenvalue weighted by molar-refractivity contribution is 6.30. The van der Waals surface area contributed by atoms with Gasteiger partial charge in [-0.3, -0.25) is 14.4 Å². The topological polar surface area (TPSA) is 72.5 Å². The first-order valence-corrected chi connectivity index (χ1v) is 8.59. The minimum atomic E-state index is -0.950. The number of ketones is 1. The highest BCUT2D eigenvalue weighted by atomic mass is 35.5. The van der Waals surface area contributed by atoms with Crippen LogP contribution in [0.2, 0.25) is 5.02 Å². The maximum Gasteiger partial charge on any atom is 0.307 e. The molecule has 2 aromatic rings. The first-order chi connectivity index (χ1) is 12.3. The molecule has 1 amide bonds. The van der Waals surface area contributed by atoms with Gasteiger partial charge in [-0.1, -0.05) is 29.3 Å². The van der Waals surface area contributed by atoms with Gasteiger partial charge in [0.1, 0.15) is 0 Å². The van der Waals surface area contributed by atoms with E-state index in [0.717, 1.165) is 5.56 Å². The van der Waals surface area contributed by atoms with E-state index in [9.17, 15) is 14.4 Å². The van der Waals surface area contributed by atoms with E-state index >= 15 is 0 Å². The molecule has 0 saturated carbocycles. The fraction of sp³-hybridized carbons (Fsp3) is 0.250. The van der Waals surface area contributed by atoms with Crippen LogP contribution < -0.4 is 5.32 Å². The number of Topliss-reactive ketones (excluding diaryl/α,β-unsaturated/α-hetero) is 1. The normalized spacial score (nSPS) is 11.5. The average molecular weight is 374 g/mol. The second-order valence-corrected chi connectivity index (χ2v) is 6.35. The van der Waals surface area contributed by atoms with Crippen LogP contribution in [0, 0.1) is 6.92 Å². The summed E-state index contributed by atoms with van der Waals surface area (Å²) in [6.07, 6.45) is -1.04. The Labute approximate surface area is 157 Å². The first kappa shape index (κ1) is 19.7. The van der Waals surface area contributed by atoms with E-state index in [-0.39, 0.29) is 18.6 Å². The number of anilines is 1. The molecule has 0 fully saturated rings. The number of benzene rings is 2. The molecule has 1 N–H and O–H groups in total. The molecule has 0 heterocycles. The molecule has 1 atom stereocenters. The molecule has 0 saturated heterocycles. The van der Waals surface area contributed by atoms with Gasteiger partial charge in [-0.05, 0) is 50.2 Å². The van der Waals surface area contributed by atoms with Crippen molar-refractivity contribution in [2.24, 2.45) is 0 Å². The molecule has 0 radical (unpaired) electrons. The molecule has 0 bridgehead atoms. The smallest absolute Gasteiger partial charge is 0.307 e. The summed E-state index contributed by atoms with van der Waals surface area (Å²) >= 11 is 5.77. The third-order valence-corrected chi connectivity index (χ3v) is 3.97. The average Bonchev–Trinajstić information content (AvgIpc) is 2.62. The van der Waals surface area contributed by atoms with Crippen molar-refractivity contribution < 1.29 is 19.1 Å². The predicted octanol–water partition coefficient (Wildman–Crippen LogP) is 4.18. The van der Waals surface area contributed by atoms with Crippen molar-refractivity contribution in [3.63, 3.8) is 0 Å². The van der Waals surface area contributed by atoms with Crippen LogP contribution in [0.4, 0.5) is 5.69 Å². The highest BCUT2D eigenvalue weighted by Gasteiger charge is 2.19. The number of carbonyl (C=O) groups is 3. The minimum absolute atomic E-state index is 0.00671. The zero-order valence-corrected chi connectivity index (χ0v) is 15.4. The van der Waals surface area contributed by atoms with E-state index < -0.39 is 18.0 Å². The summed E-state index contributed by atoms with van der Waals surface area (Å²) in [5, 5.41) is 3.21. The lowest BCUT2D eigenvalue weighted by Gasteiger charge is -2.13. The third-order valence-electron chi connectivity index (χ3n) is 3.72. The third kappa shape index (κ3) is 6.01. The van der Waals surface area contributed by atoms with Crippen molar-refractivity contribution in [3.05, 3.63) is 64.7 Å². The van der Waals surface area contributed by atoms with Crippen LogP contribution in [0.15, 0.2) is 48.5 Å². The lowest BCUT2D eigenvalue weighted by molar-refractivity contribution is -0.153. The fourth-order valence-corrected chi connectivity index (χ4v) is 2.31. The summed E-state index contributed by atoms with van der Waals surface area (Å²) < 4.78 is 5.09. The van der Waals surface area contributed by atoms with Crippen molar-refractivity contribution in [3.8, 4) is 0 Å². The summed E-state index contributed by atoms with van der Waals surface area (Å²) in [6.45, 7) is 3.43. The van der Waals surface area contributed by atoms with Crippen molar-refractivity contribution in [1.82, 2.24) is 0 Å². The second-order valence-electron chi connectivity index (χ2n) is 5.92. The van der Waals surface area contributed by atoms with Crippen molar-refractivity contribution >= 4 is 34.9 Å². The molecule has 6 heteroatoms. The Hall–Kier alpha value is -2.66.